The third kappa shape index (κ3) is 4.52. The maximum atomic E-state index is 14.0. The van der Waals surface area contributed by atoms with Crippen LogP contribution in [0.3, 0.4) is 0 Å². The van der Waals surface area contributed by atoms with Crippen molar-refractivity contribution in [3.8, 4) is 5.75 Å². The molecule has 1 aromatic carbocycles. The van der Waals surface area contributed by atoms with Crippen LogP contribution >= 0.6 is 0 Å². The number of nitrogens with zero attached hydrogens (tertiary/aromatic N) is 1. The van der Waals surface area contributed by atoms with Crippen LogP contribution in [0.15, 0.2) is 12.1 Å². The summed E-state index contributed by atoms with van der Waals surface area (Å²) >= 11 is 0. The summed E-state index contributed by atoms with van der Waals surface area (Å²) in [6, 6.07) is 1.35. The molecule has 1 aromatic rings. The number of hydrogen-bond acceptors (Lipinski definition) is 11. The zero-order chi connectivity index (χ0) is 30.9. The van der Waals surface area contributed by atoms with Gasteiger partial charge in [-0.05, 0) is 37.1 Å². The van der Waals surface area contributed by atoms with Crippen LogP contribution in [0.4, 0.5) is 10.5 Å². The summed E-state index contributed by atoms with van der Waals surface area (Å²) in [5, 5.41) is 36.7. The van der Waals surface area contributed by atoms with Crippen LogP contribution in [0.25, 0.3) is 0 Å². The smallest absolute Gasteiger partial charge is 0.411 e. The summed E-state index contributed by atoms with van der Waals surface area (Å²) in [7, 11) is 2.84. The summed E-state index contributed by atoms with van der Waals surface area (Å²) in [5.74, 6) is -14.4. The minimum Gasteiger partial charge on any atom is -0.505 e. The molecule has 0 heterocycles. The molecule has 41 heavy (non-hydrogen) atoms. The fourth-order valence-corrected chi connectivity index (χ4v) is 6.52. The second kappa shape index (κ2) is 10.00. The lowest BCUT2D eigenvalue weighted by atomic mass is 9.49. The first-order valence-corrected chi connectivity index (χ1v) is 13.2. The van der Waals surface area contributed by atoms with Gasteiger partial charge in [-0.2, -0.15) is 0 Å². The molecule has 2 unspecified atom stereocenters. The van der Waals surface area contributed by atoms with E-state index in [1.54, 1.807) is 6.92 Å². The van der Waals surface area contributed by atoms with Gasteiger partial charge in [0.05, 0.1) is 41.8 Å². The number of ether oxygens (including phenoxy) is 1. The number of rotatable bonds is 4. The van der Waals surface area contributed by atoms with E-state index in [0.29, 0.717) is 0 Å². The van der Waals surface area contributed by atoms with E-state index in [0.717, 1.165) is 0 Å². The molecule has 6 N–H and O–H groups in total. The van der Waals surface area contributed by atoms with Crippen molar-refractivity contribution >= 4 is 40.8 Å². The first kappa shape index (κ1) is 30.3. The van der Waals surface area contributed by atoms with Crippen LogP contribution in [-0.4, -0.2) is 93.8 Å². The summed E-state index contributed by atoms with van der Waals surface area (Å²) in [4.78, 5) is 80.2. The second-order valence-corrected chi connectivity index (χ2v) is 12.6. The lowest BCUT2D eigenvalue weighted by molar-refractivity contribution is -0.196. The zero-order valence-electron chi connectivity index (χ0n) is 23.6. The molecular formula is C28H35N3O10. The molecule has 0 saturated heterocycles. The molecule has 0 radical (unpaired) electrons. The van der Waals surface area contributed by atoms with Crippen molar-refractivity contribution in [2.75, 3.05) is 26.0 Å². The quantitative estimate of drug-likeness (QED) is 0.239. The number of primary amides is 1. The van der Waals surface area contributed by atoms with Crippen LogP contribution in [0.5, 0.6) is 5.75 Å². The Morgan fingerprint density at radius 2 is 1.73 bits per heavy atom. The van der Waals surface area contributed by atoms with E-state index in [1.807, 2.05) is 20.8 Å². The normalized spacial score (nSPS) is 33.1. The molecule has 0 aromatic heterocycles. The molecule has 8 atom stereocenters. The molecular weight excluding hydrogens is 538 g/mol. The standard InChI is InChI=1S/C28H35N3O10/c1-10-11-7-8-12(30-26(39)41-9-27(2,3)4)19(32)14(11)20(33)15-13(10)21(34)17-18(31(5)6)22(35)16(25(29)38)24(37)28(17,40)23(15)36/h7-8,10,13,15-18,21,32,34,40H,9H2,1-6H3,(H2,29,38)(H,30,39)/t10-,13+,15?,16?,17+,18-,21-,28-/m0/s1. The van der Waals surface area contributed by atoms with Gasteiger partial charge in [0.15, 0.2) is 34.7 Å². The van der Waals surface area contributed by atoms with Crippen LogP contribution in [0, 0.1) is 29.1 Å². The number of hydrogen-bond donors (Lipinski definition) is 5. The number of anilines is 1. The molecule has 13 heteroatoms. The molecule has 0 bridgehead atoms. The SMILES string of the molecule is C[C@H]1c2ccc(NC(=O)OCC(C)(C)C)c(O)c2C(=O)C2C(=O)[C@]3(O)C(=O)C(C(N)=O)C(=O)[C@@H](N(C)C)[C@@H]3[C@@H](O)[C@@H]21. The highest BCUT2D eigenvalue weighted by atomic mass is 16.5. The van der Waals surface area contributed by atoms with Gasteiger partial charge in [0.25, 0.3) is 0 Å². The van der Waals surface area contributed by atoms with Crippen molar-refractivity contribution in [3.05, 3.63) is 23.3 Å². The molecule has 3 aliphatic carbocycles. The summed E-state index contributed by atoms with van der Waals surface area (Å²) in [5.41, 5.74) is 1.63. The van der Waals surface area contributed by atoms with Gasteiger partial charge in [-0.25, -0.2) is 4.79 Å². The lowest BCUT2D eigenvalue weighted by Crippen LogP contribution is -2.77. The monoisotopic (exact) mass is 573 g/mol. The minimum atomic E-state index is -3.09. The van der Waals surface area contributed by atoms with Gasteiger partial charge in [-0.3, -0.25) is 34.2 Å². The maximum absolute atomic E-state index is 14.0. The van der Waals surface area contributed by atoms with Crippen molar-refractivity contribution in [2.24, 2.45) is 34.8 Å². The number of nitrogens with two attached hydrogens (primary N) is 1. The van der Waals surface area contributed by atoms with Crippen LogP contribution in [0.1, 0.15) is 49.5 Å². The van der Waals surface area contributed by atoms with Gasteiger partial charge < -0.3 is 25.8 Å². The number of aromatic hydroxyl groups is 1. The number of phenols is 1. The molecule has 2 fully saturated rings. The van der Waals surface area contributed by atoms with Crippen LogP contribution in [0.2, 0.25) is 0 Å². The molecule has 2 amide bonds. The number of carbonyl (C=O) groups is 6. The Hall–Kier alpha value is -3.68. The van der Waals surface area contributed by atoms with Gasteiger partial charge in [0.2, 0.25) is 5.91 Å². The number of nitrogens with one attached hydrogen (secondary N) is 1. The third-order valence-corrected chi connectivity index (χ3v) is 8.36. The molecule has 222 valence electrons. The van der Waals surface area contributed by atoms with Gasteiger partial charge in [-0.1, -0.05) is 33.8 Å². The van der Waals surface area contributed by atoms with E-state index in [9.17, 15) is 44.1 Å². The van der Waals surface area contributed by atoms with Gasteiger partial charge >= 0.3 is 6.09 Å². The van der Waals surface area contributed by atoms with E-state index >= 15 is 0 Å². The Morgan fingerprint density at radius 3 is 2.27 bits per heavy atom. The predicted molar refractivity (Wildman–Crippen MR) is 142 cm³/mol. The first-order chi connectivity index (χ1) is 18.9. The Bertz CT molecular complexity index is 1370. The zero-order valence-corrected chi connectivity index (χ0v) is 23.6. The molecule has 3 aliphatic rings. The molecule has 0 aliphatic heterocycles. The molecule has 0 spiro atoms. The highest BCUT2D eigenvalue weighted by Gasteiger charge is 2.72. The molecule has 4 rings (SSSR count). The fourth-order valence-electron chi connectivity index (χ4n) is 6.52. The number of fused-ring (bicyclic) bond motifs is 3. The summed E-state index contributed by atoms with van der Waals surface area (Å²) in [6.07, 6.45) is -2.62. The van der Waals surface area contributed by atoms with Crippen LogP contribution in [-0.2, 0) is 23.9 Å². The minimum absolute atomic E-state index is 0.0627. The van der Waals surface area contributed by atoms with Crippen LogP contribution < -0.4 is 11.1 Å². The Labute approximate surface area is 236 Å². The average molecular weight is 574 g/mol. The number of benzene rings is 1. The third-order valence-electron chi connectivity index (χ3n) is 8.36. The van der Waals surface area contributed by atoms with Gasteiger partial charge in [-0.15, -0.1) is 0 Å². The number of Topliss-reactive ketones (excluding diaryl/α,β-unsaturated/α-hetero) is 4. The Morgan fingerprint density at radius 1 is 1.12 bits per heavy atom. The van der Waals surface area contributed by atoms with Crippen molar-refractivity contribution in [3.63, 3.8) is 0 Å². The van der Waals surface area contributed by atoms with E-state index in [1.165, 1.54) is 31.1 Å². The van der Waals surface area contributed by atoms with Crippen molar-refractivity contribution < 1.29 is 48.8 Å². The topological polar surface area (TPSA) is 214 Å². The lowest BCUT2D eigenvalue weighted by Gasteiger charge is -2.56. The van der Waals surface area contributed by atoms with Crippen molar-refractivity contribution in [1.29, 1.82) is 0 Å². The maximum Gasteiger partial charge on any atom is 0.411 e. The number of ketones is 4. The van der Waals surface area contributed by atoms with Crippen molar-refractivity contribution in [1.82, 2.24) is 4.90 Å². The van der Waals surface area contributed by atoms with Gasteiger partial charge in [0, 0.05) is 5.92 Å². The number of aliphatic hydroxyl groups is 2. The van der Waals surface area contributed by atoms with E-state index in [4.69, 9.17) is 10.5 Å². The number of amides is 2. The number of aliphatic hydroxyl groups excluding tert-OH is 1. The Kier molecular flexibility index (Phi) is 7.38. The summed E-state index contributed by atoms with van der Waals surface area (Å²) in [6.45, 7) is 7.20. The van der Waals surface area contributed by atoms with E-state index < -0.39 is 88.2 Å². The van der Waals surface area contributed by atoms with Gasteiger partial charge in [0.1, 0.15) is 5.75 Å². The molecule has 2 saturated carbocycles. The van der Waals surface area contributed by atoms with E-state index in [-0.39, 0.29) is 28.8 Å². The highest BCUT2D eigenvalue weighted by Crippen LogP contribution is 2.55. The number of phenolic OH excluding ortho intramolecular Hbond substituents is 1. The predicted octanol–water partition coefficient (Wildman–Crippen LogP) is -0.00660. The van der Waals surface area contributed by atoms with Crippen molar-refractivity contribution in [2.45, 2.75) is 51.4 Å². The average Bonchev–Trinajstić information content (AvgIpc) is 2.85. The first-order valence-electron chi connectivity index (χ1n) is 13.2. The summed E-state index contributed by atoms with van der Waals surface area (Å²) < 4.78 is 5.15. The second-order valence-electron chi connectivity index (χ2n) is 12.6. The molecule has 13 nitrogen and oxygen atoms in total. The number of carbonyl (C=O) groups excluding carboxylic acids is 6. The highest BCUT2D eigenvalue weighted by molar-refractivity contribution is 6.32. The Balaban J connectivity index is 1.80. The largest absolute Gasteiger partial charge is 0.505 e. The van der Waals surface area contributed by atoms with E-state index in [2.05, 4.69) is 5.32 Å². The fraction of sp³-hybridized carbons (Fsp3) is 0.571. The number of likely N-dealkylation sites (N-methyl/N-ethyl adjacent to an activating group) is 1.